The molecule has 1 rings (SSSR count). The Morgan fingerprint density at radius 2 is 1.82 bits per heavy atom. The smallest absolute Gasteiger partial charge is 0.308 e. The predicted octanol–water partition coefficient (Wildman–Crippen LogP) is 1.62. The molecule has 0 radical (unpaired) electrons. The molecule has 22 heavy (non-hydrogen) atoms. The molecule has 1 aromatic carbocycles. The van der Waals surface area contributed by atoms with Crippen LogP contribution in [0, 0.1) is 5.92 Å². The summed E-state index contributed by atoms with van der Waals surface area (Å²) in [5.74, 6) is -2.22. The number of carboxylic acid groups (broad SMARTS) is 1. The molecule has 0 aliphatic heterocycles. The number of aliphatic carboxylic acids is 1. The summed E-state index contributed by atoms with van der Waals surface area (Å²) in [6.07, 6.45) is 0. The molecule has 0 spiro atoms. The van der Waals surface area contributed by atoms with E-state index < -0.39 is 23.8 Å². The van der Waals surface area contributed by atoms with Crippen molar-refractivity contribution < 1.29 is 19.5 Å². The summed E-state index contributed by atoms with van der Waals surface area (Å²) in [6, 6.07) is 5.88. The molecule has 6 nitrogen and oxygen atoms in total. The Bertz CT molecular complexity index is 571. The molecule has 2 N–H and O–H groups in total. The second-order valence-electron chi connectivity index (χ2n) is 5.29. The SMILES string of the molecule is CCN(C)C(=O)c1cccc(C(=O)NC(C)C(C)C(=O)O)c1. The highest BCUT2D eigenvalue weighted by molar-refractivity contribution is 5.99. The van der Waals surface area contributed by atoms with Gasteiger partial charge < -0.3 is 15.3 Å². The van der Waals surface area contributed by atoms with Crippen LogP contribution in [0.3, 0.4) is 0 Å². The highest BCUT2D eigenvalue weighted by atomic mass is 16.4. The third-order valence-electron chi connectivity index (χ3n) is 3.69. The monoisotopic (exact) mass is 306 g/mol. The van der Waals surface area contributed by atoms with Crippen LogP contribution >= 0.6 is 0 Å². The number of hydrogen-bond donors (Lipinski definition) is 2. The highest BCUT2D eigenvalue weighted by Crippen LogP contribution is 2.10. The van der Waals surface area contributed by atoms with Crippen LogP contribution < -0.4 is 5.32 Å². The van der Waals surface area contributed by atoms with Crippen molar-refractivity contribution in [3.8, 4) is 0 Å². The van der Waals surface area contributed by atoms with Gasteiger partial charge in [-0.05, 0) is 39.0 Å². The number of carbonyl (C=O) groups is 3. The van der Waals surface area contributed by atoms with Crippen LogP contribution in [0.15, 0.2) is 24.3 Å². The van der Waals surface area contributed by atoms with E-state index in [1.165, 1.54) is 13.0 Å². The number of rotatable bonds is 6. The number of carbonyl (C=O) groups excluding carboxylic acids is 2. The number of carboxylic acids is 1. The molecular weight excluding hydrogens is 284 g/mol. The first kappa shape index (κ1) is 17.7. The van der Waals surface area contributed by atoms with Gasteiger partial charge in [0.2, 0.25) is 0 Å². The van der Waals surface area contributed by atoms with E-state index in [4.69, 9.17) is 5.11 Å². The van der Waals surface area contributed by atoms with E-state index in [2.05, 4.69) is 5.32 Å². The molecule has 120 valence electrons. The summed E-state index contributed by atoms with van der Waals surface area (Å²) in [7, 11) is 1.69. The minimum Gasteiger partial charge on any atom is -0.481 e. The highest BCUT2D eigenvalue weighted by Gasteiger charge is 2.22. The lowest BCUT2D eigenvalue weighted by atomic mass is 10.0. The molecule has 0 heterocycles. The maximum Gasteiger partial charge on any atom is 0.308 e. The van der Waals surface area contributed by atoms with E-state index in [-0.39, 0.29) is 5.91 Å². The van der Waals surface area contributed by atoms with Crippen molar-refractivity contribution >= 4 is 17.8 Å². The molecule has 2 unspecified atom stereocenters. The third kappa shape index (κ3) is 4.31. The van der Waals surface area contributed by atoms with Gasteiger partial charge in [0.15, 0.2) is 0 Å². The summed E-state index contributed by atoms with van der Waals surface area (Å²) in [6.45, 7) is 5.60. The molecule has 0 aliphatic rings. The lowest BCUT2D eigenvalue weighted by Gasteiger charge is -2.18. The molecule has 0 saturated heterocycles. The molecule has 0 aliphatic carbocycles. The van der Waals surface area contributed by atoms with Crippen LogP contribution in [0.4, 0.5) is 0 Å². The van der Waals surface area contributed by atoms with Gasteiger partial charge in [-0.1, -0.05) is 6.07 Å². The van der Waals surface area contributed by atoms with Crippen molar-refractivity contribution in [1.82, 2.24) is 10.2 Å². The van der Waals surface area contributed by atoms with Gasteiger partial charge in [0.25, 0.3) is 11.8 Å². The summed E-state index contributed by atoms with van der Waals surface area (Å²) >= 11 is 0. The van der Waals surface area contributed by atoms with Gasteiger partial charge >= 0.3 is 5.97 Å². The van der Waals surface area contributed by atoms with Gasteiger partial charge in [0.1, 0.15) is 0 Å². The molecule has 0 fully saturated rings. The molecular formula is C16H22N2O4. The molecule has 0 aromatic heterocycles. The number of nitrogens with zero attached hydrogens (tertiary/aromatic N) is 1. The Morgan fingerprint density at radius 3 is 2.36 bits per heavy atom. The second kappa shape index (κ2) is 7.59. The van der Waals surface area contributed by atoms with Crippen LogP contribution in [-0.2, 0) is 4.79 Å². The van der Waals surface area contributed by atoms with Crippen molar-refractivity contribution in [2.45, 2.75) is 26.8 Å². The molecule has 0 bridgehead atoms. The fourth-order valence-corrected chi connectivity index (χ4v) is 1.79. The average molecular weight is 306 g/mol. The van der Waals surface area contributed by atoms with E-state index >= 15 is 0 Å². The largest absolute Gasteiger partial charge is 0.481 e. The maximum atomic E-state index is 12.2. The standard InChI is InChI=1S/C16H22N2O4/c1-5-18(4)15(20)13-8-6-7-12(9-13)14(19)17-11(3)10(2)16(21)22/h6-11H,5H2,1-4H3,(H,17,19)(H,21,22). The lowest BCUT2D eigenvalue weighted by Crippen LogP contribution is -2.40. The van der Waals surface area contributed by atoms with Crippen LogP contribution in [0.1, 0.15) is 41.5 Å². The Hall–Kier alpha value is -2.37. The van der Waals surface area contributed by atoms with Crippen LogP contribution in [0.25, 0.3) is 0 Å². The first-order valence-corrected chi connectivity index (χ1v) is 7.17. The number of benzene rings is 1. The Kier molecular flexibility index (Phi) is 6.10. The fourth-order valence-electron chi connectivity index (χ4n) is 1.79. The Balaban J connectivity index is 2.87. The topological polar surface area (TPSA) is 86.7 Å². The van der Waals surface area contributed by atoms with Crippen LogP contribution in [-0.4, -0.2) is 47.4 Å². The van der Waals surface area contributed by atoms with Crippen LogP contribution in [0.2, 0.25) is 0 Å². The predicted molar refractivity (Wildman–Crippen MR) is 82.8 cm³/mol. The maximum absolute atomic E-state index is 12.2. The quantitative estimate of drug-likeness (QED) is 0.836. The van der Waals surface area contributed by atoms with E-state index in [1.54, 1.807) is 37.1 Å². The molecule has 0 saturated carbocycles. The van der Waals surface area contributed by atoms with Crippen molar-refractivity contribution in [1.29, 1.82) is 0 Å². The van der Waals surface area contributed by atoms with Gasteiger partial charge in [-0.15, -0.1) is 0 Å². The van der Waals surface area contributed by atoms with E-state index in [0.29, 0.717) is 17.7 Å². The summed E-state index contributed by atoms with van der Waals surface area (Å²) in [5, 5.41) is 11.6. The van der Waals surface area contributed by atoms with Gasteiger partial charge in [-0.3, -0.25) is 14.4 Å². The van der Waals surface area contributed by atoms with Crippen LogP contribution in [0.5, 0.6) is 0 Å². The first-order chi connectivity index (χ1) is 10.3. The number of hydrogen-bond acceptors (Lipinski definition) is 3. The Labute approximate surface area is 130 Å². The number of nitrogens with one attached hydrogen (secondary N) is 1. The van der Waals surface area contributed by atoms with Gasteiger partial charge in [-0.25, -0.2) is 0 Å². The minimum atomic E-state index is -0.971. The first-order valence-electron chi connectivity index (χ1n) is 7.17. The van der Waals surface area contributed by atoms with Gasteiger partial charge in [0.05, 0.1) is 5.92 Å². The second-order valence-corrected chi connectivity index (χ2v) is 5.29. The average Bonchev–Trinajstić information content (AvgIpc) is 2.52. The Morgan fingerprint density at radius 1 is 1.23 bits per heavy atom. The van der Waals surface area contributed by atoms with Gasteiger partial charge in [0, 0.05) is 30.8 Å². The number of amides is 2. The van der Waals surface area contributed by atoms with Crippen molar-refractivity contribution in [3.05, 3.63) is 35.4 Å². The van der Waals surface area contributed by atoms with E-state index in [0.717, 1.165) is 0 Å². The third-order valence-corrected chi connectivity index (χ3v) is 3.69. The summed E-state index contributed by atoms with van der Waals surface area (Å²) < 4.78 is 0. The van der Waals surface area contributed by atoms with Gasteiger partial charge in [-0.2, -0.15) is 0 Å². The van der Waals surface area contributed by atoms with E-state index in [9.17, 15) is 14.4 Å². The zero-order chi connectivity index (χ0) is 16.9. The fraction of sp³-hybridized carbons (Fsp3) is 0.438. The molecule has 2 amide bonds. The molecule has 2 atom stereocenters. The molecule has 6 heteroatoms. The normalized spacial score (nSPS) is 13.1. The minimum absolute atomic E-state index is 0.163. The summed E-state index contributed by atoms with van der Waals surface area (Å²) in [4.78, 5) is 36.7. The molecule has 1 aromatic rings. The zero-order valence-corrected chi connectivity index (χ0v) is 13.3. The van der Waals surface area contributed by atoms with Crippen molar-refractivity contribution in [2.75, 3.05) is 13.6 Å². The van der Waals surface area contributed by atoms with Crippen molar-refractivity contribution in [3.63, 3.8) is 0 Å². The zero-order valence-electron chi connectivity index (χ0n) is 13.3. The van der Waals surface area contributed by atoms with E-state index in [1.807, 2.05) is 6.92 Å². The van der Waals surface area contributed by atoms with Crippen molar-refractivity contribution in [2.24, 2.45) is 5.92 Å². The lowest BCUT2D eigenvalue weighted by molar-refractivity contribution is -0.141. The summed E-state index contributed by atoms with van der Waals surface area (Å²) in [5.41, 5.74) is 0.760.